The van der Waals surface area contributed by atoms with Gasteiger partial charge in [-0.2, -0.15) is 5.10 Å². The molecule has 42 heavy (non-hydrogen) atoms. The first-order valence-electron chi connectivity index (χ1n) is 13.5. The lowest BCUT2D eigenvalue weighted by Crippen LogP contribution is -2.14. The van der Waals surface area contributed by atoms with Crippen molar-refractivity contribution in [3.05, 3.63) is 120 Å². The van der Waals surface area contributed by atoms with E-state index < -0.39 is 0 Å². The van der Waals surface area contributed by atoms with Gasteiger partial charge in [-0.25, -0.2) is 9.37 Å². The van der Waals surface area contributed by atoms with E-state index in [4.69, 9.17) is 0 Å². The summed E-state index contributed by atoms with van der Waals surface area (Å²) in [4.78, 5) is 25.3. The number of benzene rings is 3. The van der Waals surface area contributed by atoms with Crippen LogP contribution >= 0.6 is 0 Å². The van der Waals surface area contributed by atoms with Gasteiger partial charge in [-0.1, -0.05) is 48.5 Å². The smallest absolute Gasteiger partial charge is 0.228 e. The molecule has 1 amide bonds. The number of pyridine rings is 2. The summed E-state index contributed by atoms with van der Waals surface area (Å²) in [5, 5.41) is 12.3. The first-order chi connectivity index (χ1) is 20.5. The van der Waals surface area contributed by atoms with Crippen molar-refractivity contribution in [3.8, 4) is 33.8 Å². The molecule has 4 aromatic heterocycles. The fraction of sp³-hybridized carbons (Fsp3) is 0.0588. The summed E-state index contributed by atoms with van der Waals surface area (Å²) in [5.74, 6) is -0.386. The molecule has 0 aliphatic heterocycles. The number of hydrogen-bond donors (Lipinski definition) is 3. The number of nitrogens with zero attached hydrogens (tertiary/aromatic N) is 3. The van der Waals surface area contributed by atoms with E-state index in [1.54, 1.807) is 18.5 Å². The minimum absolute atomic E-state index is 0.0747. The molecular weight excluding hydrogens is 527 g/mol. The van der Waals surface area contributed by atoms with Crippen molar-refractivity contribution in [2.24, 2.45) is 0 Å². The number of amides is 1. The minimum Gasteiger partial charge on any atom is -0.353 e. The first kappa shape index (κ1) is 25.3. The Hall–Kier alpha value is -5.63. The molecule has 8 heteroatoms. The number of aromatic amines is 2. The number of carbonyl (C=O) groups is 1. The van der Waals surface area contributed by atoms with E-state index in [0.717, 1.165) is 49.9 Å². The summed E-state index contributed by atoms with van der Waals surface area (Å²) < 4.78 is 14.0. The quantitative estimate of drug-likeness (QED) is 0.199. The highest BCUT2D eigenvalue weighted by molar-refractivity contribution is 6.00. The molecule has 7 rings (SSSR count). The lowest BCUT2D eigenvalue weighted by Gasteiger charge is -2.10. The molecule has 7 nitrogen and oxygen atoms in total. The van der Waals surface area contributed by atoms with Crippen LogP contribution in [0.3, 0.4) is 0 Å². The van der Waals surface area contributed by atoms with Crippen LogP contribution in [-0.2, 0) is 11.2 Å². The predicted octanol–water partition coefficient (Wildman–Crippen LogP) is 7.46. The van der Waals surface area contributed by atoms with E-state index in [2.05, 4.69) is 36.5 Å². The standard InChI is InChI=1S/C34H25FN6O/c1-20-12-23(16-26(13-20)38-31(42)14-21-6-3-2-4-7-21)24-17-28-33(40-41-34(28)37-19-24)30-18-27-29(39-30)10-11-36-32(27)22-8-5-9-25(35)15-22/h2-13,15-19,39H,14H2,1H3,(H,38,42)(H,37,40,41). The lowest BCUT2D eigenvalue weighted by atomic mass is 10.0. The van der Waals surface area contributed by atoms with E-state index in [1.807, 2.05) is 73.7 Å². The van der Waals surface area contributed by atoms with Crippen LogP contribution in [0.15, 0.2) is 103 Å². The molecule has 0 radical (unpaired) electrons. The van der Waals surface area contributed by atoms with Crippen molar-refractivity contribution in [3.63, 3.8) is 0 Å². The Morgan fingerprint density at radius 3 is 2.57 bits per heavy atom. The third-order valence-electron chi connectivity index (χ3n) is 7.22. The average Bonchev–Trinajstić information content (AvgIpc) is 3.61. The molecule has 0 atom stereocenters. The second-order valence-electron chi connectivity index (χ2n) is 10.3. The molecular formula is C34H25FN6O. The zero-order chi connectivity index (χ0) is 28.6. The van der Waals surface area contributed by atoms with Gasteiger partial charge in [-0.15, -0.1) is 0 Å². The molecule has 0 aliphatic rings. The van der Waals surface area contributed by atoms with E-state index >= 15 is 0 Å². The summed E-state index contributed by atoms with van der Waals surface area (Å²) in [7, 11) is 0. The number of H-pyrrole nitrogens is 2. The van der Waals surface area contributed by atoms with Crippen LogP contribution in [0.4, 0.5) is 10.1 Å². The van der Waals surface area contributed by atoms with Crippen LogP contribution < -0.4 is 5.32 Å². The molecule has 3 aromatic carbocycles. The fourth-order valence-electron chi connectivity index (χ4n) is 5.32. The maximum absolute atomic E-state index is 14.0. The number of aryl methyl sites for hydroxylation is 1. The molecule has 3 N–H and O–H groups in total. The van der Waals surface area contributed by atoms with Crippen molar-refractivity contribution in [2.45, 2.75) is 13.3 Å². The molecule has 0 unspecified atom stereocenters. The van der Waals surface area contributed by atoms with Crippen LogP contribution in [0.5, 0.6) is 0 Å². The van der Waals surface area contributed by atoms with E-state index in [9.17, 15) is 9.18 Å². The van der Waals surface area contributed by atoms with Gasteiger partial charge in [0.05, 0.1) is 17.8 Å². The Bertz CT molecular complexity index is 2100. The molecule has 4 heterocycles. The average molecular weight is 553 g/mol. The van der Waals surface area contributed by atoms with E-state index in [1.165, 1.54) is 12.1 Å². The van der Waals surface area contributed by atoms with Gasteiger partial charge in [0.25, 0.3) is 0 Å². The van der Waals surface area contributed by atoms with Crippen molar-refractivity contribution in [2.75, 3.05) is 5.32 Å². The third-order valence-corrected chi connectivity index (χ3v) is 7.22. The SMILES string of the molecule is Cc1cc(NC(=O)Cc2ccccc2)cc(-c2cnc3[nH]nc(-c4cc5c(-c6cccc(F)c6)nccc5[nH]4)c3c2)c1. The molecule has 0 bridgehead atoms. The molecule has 0 fully saturated rings. The molecule has 0 aliphatic carbocycles. The lowest BCUT2D eigenvalue weighted by molar-refractivity contribution is -0.115. The highest BCUT2D eigenvalue weighted by Gasteiger charge is 2.16. The van der Waals surface area contributed by atoms with Crippen molar-refractivity contribution < 1.29 is 9.18 Å². The Balaban J connectivity index is 1.23. The normalized spacial score (nSPS) is 11.3. The zero-order valence-corrected chi connectivity index (χ0v) is 22.6. The zero-order valence-electron chi connectivity index (χ0n) is 22.6. The molecule has 7 aromatic rings. The second-order valence-corrected chi connectivity index (χ2v) is 10.3. The minimum atomic E-state index is -0.311. The van der Waals surface area contributed by atoms with Gasteiger partial charge in [0.15, 0.2) is 5.65 Å². The van der Waals surface area contributed by atoms with Crippen molar-refractivity contribution in [1.82, 2.24) is 25.1 Å². The number of carbonyl (C=O) groups excluding carboxylic acids is 1. The topological polar surface area (TPSA) is 99.3 Å². The number of hydrogen-bond acceptors (Lipinski definition) is 4. The van der Waals surface area contributed by atoms with Crippen LogP contribution in [0.2, 0.25) is 0 Å². The Morgan fingerprint density at radius 1 is 0.833 bits per heavy atom. The van der Waals surface area contributed by atoms with Crippen LogP contribution in [0.1, 0.15) is 11.1 Å². The highest BCUT2D eigenvalue weighted by atomic mass is 19.1. The Kier molecular flexibility index (Phi) is 6.28. The third kappa shape index (κ3) is 4.90. The number of rotatable bonds is 6. The summed E-state index contributed by atoms with van der Waals surface area (Å²) in [6, 6.07) is 28.0. The summed E-state index contributed by atoms with van der Waals surface area (Å²) in [5.41, 5.74) is 8.95. The Labute approximate surface area is 240 Å². The maximum atomic E-state index is 14.0. The van der Waals surface area contributed by atoms with Gasteiger partial charge in [0.2, 0.25) is 5.91 Å². The van der Waals surface area contributed by atoms with Crippen LogP contribution in [0, 0.1) is 12.7 Å². The van der Waals surface area contributed by atoms with Gasteiger partial charge in [-0.3, -0.25) is 14.9 Å². The monoisotopic (exact) mass is 552 g/mol. The molecule has 204 valence electrons. The number of fused-ring (bicyclic) bond motifs is 2. The summed E-state index contributed by atoms with van der Waals surface area (Å²) in [6.07, 6.45) is 3.81. The predicted molar refractivity (Wildman–Crippen MR) is 163 cm³/mol. The second kappa shape index (κ2) is 10.4. The van der Waals surface area contributed by atoms with Crippen LogP contribution in [0.25, 0.3) is 55.7 Å². The summed E-state index contributed by atoms with van der Waals surface area (Å²) in [6.45, 7) is 2.00. The largest absolute Gasteiger partial charge is 0.353 e. The van der Waals surface area contributed by atoms with Crippen molar-refractivity contribution >= 4 is 33.5 Å². The number of anilines is 1. The fourth-order valence-corrected chi connectivity index (χ4v) is 5.32. The van der Waals surface area contributed by atoms with Gasteiger partial charge in [0, 0.05) is 45.5 Å². The number of halogens is 1. The first-order valence-corrected chi connectivity index (χ1v) is 13.5. The molecule has 0 saturated carbocycles. The van der Waals surface area contributed by atoms with Crippen molar-refractivity contribution in [1.29, 1.82) is 0 Å². The van der Waals surface area contributed by atoms with Gasteiger partial charge in [0.1, 0.15) is 11.5 Å². The summed E-state index contributed by atoms with van der Waals surface area (Å²) >= 11 is 0. The van der Waals surface area contributed by atoms with E-state index in [0.29, 0.717) is 29.0 Å². The van der Waals surface area contributed by atoms with Gasteiger partial charge >= 0.3 is 0 Å². The Morgan fingerprint density at radius 2 is 1.71 bits per heavy atom. The van der Waals surface area contributed by atoms with E-state index in [-0.39, 0.29) is 11.7 Å². The van der Waals surface area contributed by atoms with Gasteiger partial charge in [-0.05, 0) is 66.1 Å². The number of aromatic nitrogens is 5. The highest BCUT2D eigenvalue weighted by Crippen LogP contribution is 2.34. The molecule has 0 saturated heterocycles. The van der Waals surface area contributed by atoms with Crippen LogP contribution in [-0.4, -0.2) is 31.1 Å². The van der Waals surface area contributed by atoms with Gasteiger partial charge < -0.3 is 10.3 Å². The number of nitrogens with one attached hydrogen (secondary N) is 3. The maximum Gasteiger partial charge on any atom is 0.228 e. The molecule has 0 spiro atoms.